The van der Waals surface area contributed by atoms with Gasteiger partial charge < -0.3 is 15.0 Å². The molecule has 0 spiro atoms. The molecule has 1 fully saturated rings. The van der Waals surface area contributed by atoms with Gasteiger partial charge in [0, 0.05) is 36.7 Å². The number of ether oxygens (including phenoxy) is 1. The van der Waals surface area contributed by atoms with E-state index in [-0.39, 0.29) is 5.41 Å². The van der Waals surface area contributed by atoms with Crippen LogP contribution in [0.3, 0.4) is 0 Å². The Morgan fingerprint density at radius 2 is 2.20 bits per heavy atom. The topological polar surface area (TPSA) is 24.5 Å². The molecule has 1 heterocycles. The van der Waals surface area contributed by atoms with Crippen molar-refractivity contribution in [1.29, 1.82) is 0 Å². The molecular weight excluding hydrogens is 272 g/mol. The Hall–Kier alpha value is -0.610. The van der Waals surface area contributed by atoms with Crippen molar-refractivity contribution >= 4 is 11.6 Å². The van der Waals surface area contributed by atoms with Crippen molar-refractivity contribution in [3.63, 3.8) is 0 Å². The van der Waals surface area contributed by atoms with Crippen LogP contribution in [0.25, 0.3) is 0 Å². The average molecular weight is 297 g/mol. The first-order valence-corrected chi connectivity index (χ1v) is 7.67. The predicted octanol–water partition coefficient (Wildman–Crippen LogP) is 2.79. The summed E-state index contributed by atoms with van der Waals surface area (Å²) in [5.41, 5.74) is 1.41. The summed E-state index contributed by atoms with van der Waals surface area (Å²) < 4.78 is 5.72. The molecule has 1 aliphatic rings. The van der Waals surface area contributed by atoms with Crippen LogP contribution in [-0.2, 0) is 11.3 Å². The van der Waals surface area contributed by atoms with E-state index in [0.29, 0.717) is 0 Å². The van der Waals surface area contributed by atoms with Crippen LogP contribution in [0, 0.1) is 5.41 Å². The molecule has 1 aromatic rings. The standard InChI is InChI=1S/C16H25ClN2O/c1-18-11-16(8-5-9-20-13-16)12-19(2)10-14-6-3-4-7-15(14)17/h3-4,6-7,18H,5,8-13H2,1-2H3. The fourth-order valence-electron chi connectivity index (χ4n) is 3.15. The van der Waals surface area contributed by atoms with Crippen LogP contribution < -0.4 is 5.32 Å². The number of nitrogens with one attached hydrogen (secondary N) is 1. The van der Waals surface area contributed by atoms with E-state index in [4.69, 9.17) is 16.3 Å². The minimum atomic E-state index is 0.225. The lowest BCUT2D eigenvalue weighted by molar-refractivity contribution is -0.0228. The smallest absolute Gasteiger partial charge is 0.0546 e. The molecule has 1 N–H and O–H groups in total. The summed E-state index contributed by atoms with van der Waals surface area (Å²) in [7, 11) is 4.18. The highest BCUT2D eigenvalue weighted by Gasteiger charge is 2.33. The molecule has 4 heteroatoms. The number of rotatable bonds is 6. The second-order valence-electron chi connectivity index (χ2n) is 5.95. The van der Waals surface area contributed by atoms with Crippen molar-refractivity contribution in [1.82, 2.24) is 10.2 Å². The van der Waals surface area contributed by atoms with E-state index in [0.717, 1.165) is 44.3 Å². The molecule has 0 bridgehead atoms. The summed E-state index contributed by atoms with van der Waals surface area (Å²) >= 11 is 6.24. The highest BCUT2D eigenvalue weighted by Crippen LogP contribution is 2.29. The van der Waals surface area contributed by atoms with Gasteiger partial charge in [-0.15, -0.1) is 0 Å². The summed E-state index contributed by atoms with van der Waals surface area (Å²) in [6.07, 6.45) is 2.38. The van der Waals surface area contributed by atoms with Crippen LogP contribution in [0.4, 0.5) is 0 Å². The molecule has 3 nitrogen and oxygen atoms in total. The van der Waals surface area contributed by atoms with Gasteiger partial charge in [-0.3, -0.25) is 0 Å². The summed E-state index contributed by atoms with van der Waals surface area (Å²) in [6, 6.07) is 8.07. The molecule has 1 saturated heterocycles. The molecule has 2 rings (SSSR count). The largest absolute Gasteiger partial charge is 0.381 e. The normalized spacial score (nSPS) is 23.2. The maximum absolute atomic E-state index is 6.24. The summed E-state index contributed by atoms with van der Waals surface area (Å²) in [5.74, 6) is 0. The molecule has 0 aromatic heterocycles. The molecule has 112 valence electrons. The third-order valence-corrected chi connectivity index (χ3v) is 4.33. The van der Waals surface area contributed by atoms with E-state index in [1.807, 2.05) is 25.2 Å². The number of halogens is 1. The van der Waals surface area contributed by atoms with Crippen LogP contribution in [0.15, 0.2) is 24.3 Å². The van der Waals surface area contributed by atoms with E-state index < -0.39 is 0 Å². The first-order valence-electron chi connectivity index (χ1n) is 7.29. The lowest BCUT2D eigenvalue weighted by Crippen LogP contribution is -2.47. The Balaban J connectivity index is 1.98. The van der Waals surface area contributed by atoms with Gasteiger partial charge in [0.25, 0.3) is 0 Å². The zero-order chi connectivity index (χ0) is 14.4. The Kier molecular flexibility index (Phi) is 5.85. The quantitative estimate of drug-likeness (QED) is 0.874. The maximum atomic E-state index is 6.24. The average Bonchev–Trinajstić information content (AvgIpc) is 2.42. The van der Waals surface area contributed by atoms with Gasteiger partial charge in [0.05, 0.1) is 6.61 Å². The van der Waals surface area contributed by atoms with Gasteiger partial charge >= 0.3 is 0 Å². The van der Waals surface area contributed by atoms with Crippen molar-refractivity contribution in [3.8, 4) is 0 Å². The molecular formula is C16H25ClN2O. The van der Waals surface area contributed by atoms with Crippen LogP contribution in [-0.4, -0.2) is 45.3 Å². The molecule has 0 saturated carbocycles. The van der Waals surface area contributed by atoms with Crippen LogP contribution in [0.1, 0.15) is 18.4 Å². The number of nitrogens with zero attached hydrogens (tertiary/aromatic N) is 1. The minimum absolute atomic E-state index is 0.225. The van der Waals surface area contributed by atoms with E-state index in [1.165, 1.54) is 12.0 Å². The zero-order valence-corrected chi connectivity index (χ0v) is 13.2. The summed E-state index contributed by atoms with van der Waals surface area (Å²) in [4.78, 5) is 2.35. The summed E-state index contributed by atoms with van der Waals surface area (Å²) in [5, 5.41) is 4.18. The Morgan fingerprint density at radius 3 is 2.85 bits per heavy atom. The van der Waals surface area contributed by atoms with Gasteiger partial charge in [0.1, 0.15) is 0 Å². The molecule has 1 atom stereocenters. The fraction of sp³-hybridized carbons (Fsp3) is 0.625. The summed E-state index contributed by atoms with van der Waals surface area (Å²) in [6.45, 7) is 4.66. The zero-order valence-electron chi connectivity index (χ0n) is 12.5. The SMILES string of the molecule is CNCC1(CN(C)Cc2ccccc2Cl)CCCOC1. The van der Waals surface area contributed by atoms with Crippen molar-refractivity contribution in [3.05, 3.63) is 34.9 Å². The second kappa shape index (κ2) is 7.41. The minimum Gasteiger partial charge on any atom is -0.381 e. The molecule has 1 aromatic carbocycles. The first kappa shape index (κ1) is 15.8. The van der Waals surface area contributed by atoms with Gasteiger partial charge in [-0.1, -0.05) is 29.8 Å². The predicted molar refractivity (Wildman–Crippen MR) is 84.2 cm³/mol. The molecule has 1 aliphatic heterocycles. The van der Waals surface area contributed by atoms with E-state index in [9.17, 15) is 0 Å². The van der Waals surface area contributed by atoms with Crippen LogP contribution in [0.2, 0.25) is 5.02 Å². The first-order chi connectivity index (χ1) is 9.65. The Labute approximate surface area is 127 Å². The molecule has 0 amide bonds. The highest BCUT2D eigenvalue weighted by molar-refractivity contribution is 6.31. The van der Waals surface area contributed by atoms with Crippen molar-refractivity contribution in [2.45, 2.75) is 19.4 Å². The van der Waals surface area contributed by atoms with Crippen LogP contribution in [0.5, 0.6) is 0 Å². The second-order valence-corrected chi connectivity index (χ2v) is 6.36. The van der Waals surface area contributed by atoms with E-state index in [2.05, 4.69) is 23.3 Å². The maximum Gasteiger partial charge on any atom is 0.0546 e. The lowest BCUT2D eigenvalue weighted by atomic mass is 9.82. The molecule has 20 heavy (non-hydrogen) atoms. The fourth-order valence-corrected chi connectivity index (χ4v) is 3.35. The highest BCUT2D eigenvalue weighted by atomic mass is 35.5. The number of benzene rings is 1. The monoisotopic (exact) mass is 296 g/mol. The van der Waals surface area contributed by atoms with Gasteiger partial charge in [-0.05, 0) is 38.6 Å². The van der Waals surface area contributed by atoms with Crippen LogP contribution >= 0.6 is 11.6 Å². The molecule has 0 radical (unpaired) electrons. The van der Waals surface area contributed by atoms with Gasteiger partial charge in [-0.25, -0.2) is 0 Å². The van der Waals surface area contributed by atoms with Crippen molar-refractivity contribution < 1.29 is 4.74 Å². The Morgan fingerprint density at radius 1 is 1.40 bits per heavy atom. The van der Waals surface area contributed by atoms with Crippen molar-refractivity contribution in [2.75, 3.05) is 40.4 Å². The number of hydrogen-bond acceptors (Lipinski definition) is 3. The van der Waals surface area contributed by atoms with Gasteiger partial charge in [0.15, 0.2) is 0 Å². The third-order valence-electron chi connectivity index (χ3n) is 3.96. The molecule has 1 unspecified atom stereocenters. The van der Waals surface area contributed by atoms with Crippen molar-refractivity contribution in [2.24, 2.45) is 5.41 Å². The lowest BCUT2D eigenvalue weighted by Gasteiger charge is -2.40. The van der Waals surface area contributed by atoms with Gasteiger partial charge in [-0.2, -0.15) is 0 Å². The number of hydrogen-bond donors (Lipinski definition) is 1. The van der Waals surface area contributed by atoms with E-state index >= 15 is 0 Å². The molecule has 0 aliphatic carbocycles. The van der Waals surface area contributed by atoms with E-state index in [1.54, 1.807) is 0 Å². The van der Waals surface area contributed by atoms with Gasteiger partial charge in [0.2, 0.25) is 0 Å². The Bertz CT molecular complexity index is 413. The third kappa shape index (κ3) is 4.19.